The van der Waals surface area contributed by atoms with Crippen molar-refractivity contribution in [1.29, 1.82) is 0 Å². The minimum Gasteiger partial charge on any atom is -0.309 e. The molecule has 0 amide bonds. The molecule has 0 bridgehead atoms. The zero-order valence-corrected chi connectivity index (χ0v) is 22.1. The molecule has 0 spiro atoms. The Kier molecular flexibility index (Phi) is 4.61. The van der Waals surface area contributed by atoms with Crippen LogP contribution in [0.2, 0.25) is 0 Å². The third kappa shape index (κ3) is 3.26. The van der Waals surface area contributed by atoms with Crippen LogP contribution in [0.1, 0.15) is 0 Å². The van der Waals surface area contributed by atoms with Gasteiger partial charge in [0.25, 0.3) is 0 Å². The summed E-state index contributed by atoms with van der Waals surface area (Å²) in [4.78, 5) is 10.2. The van der Waals surface area contributed by atoms with Gasteiger partial charge in [-0.05, 0) is 58.7 Å². The second kappa shape index (κ2) is 8.48. The van der Waals surface area contributed by atoms with Gasteiger partial charge in [0.05, 0.1) is 22.2 Å². The van der Waals surface area contributed by atoms with Crippen molar-refractivity contribution in [3.63, 3.8) is 0 Å². The molecule has 0 fully saturated rings. The minimum atomic E-state index is 0.752. The fourth-order valence-corrected chi connectivity index (χ4v) is 6.50. The number of hydrogen-bond donors (Lipinski definition) is 0. The van der Waals surface area contributed by atoms with E-state index in [2.05, 4.69) is 144 Å². The lowest BCUT2D eigenvalue weighted by molar-refractivity contribution is 1.18. The van der Waals surface area contributed by atoms with Crippen LogP contribution < -0.4 is 0 Å². The highest BCUT2D eigenvalue weighted by molar-refractivity contribution is 6.13. The van der Waals surface area contributed by atoms with Gasteiger partial charge in [-0.25, -0.2) is 9.97 Å². The monoisotopic (exact) mass is 521 g/mol. The number of fused-ring (bicyclic) bond motifs is 6. The summed E-state index contributed by atoms with van der Waals surface area (Å²) >= 11 is 0. The first kappa shape index (κ1) is 22.3. The van der Waals surface area contributed by atoms with E-state index in [1.807, 2.05) is 0 Å². The highest BCUT2D eigenvalue weighted by Gasteiger charge is 2.24. The summed E-state index contributed by atoms with van der Waals surface area (Å²) in [5.74, 6) is 0.752. The molecule has 0 aliphatic heterocycles. The van der Waals surface area contributed by atoms with Gasteiger partial charge in [-0.2, -0.15) is 0 Å². The standard InChI is InChI=1S/C38H23N3/c1-2-12-27(13-3-1)41-34-19-7-6-15-29(34)30-21-20-25(23-35(30)41)24-10-8-11-26(22-24)38-39-33-18-9-17-31-28-14-4-5-16-32(28)37(40-38)36(31)33/h1-23H. The maximum atomic E-state index is 5.14. The molecule has 0 saturated carbocycles. The van der Waals surface area contributed by atoms with Crippen LogP contribution in [-0.4, -0.2) is 14.5 Å². The number of hydrogen-bond acceptors (Lipinski definition) is 2. The van der Waals surface area contributed by atoms with Crippen molar-refractivity contribution in [3.05, 3.63) is 140 Å². The fourth-order valence-electron chi connectivity index (χ4n) is 6.50. The number of rotatable bonds is 3. The van der Waals surface area contributed by atoms with Gasteiger partial charge in [-0.1, -0.05) is 103 Å². The van der Waals surface area contributed by atoms with E-state index in [0.29, 0.717) is 0 Å². The molecule has 2 heterocycles. The molecule has 0 unspecified atom stereocenters. The second-order valence-corrected chi connectivity index (χ2v) is 10.6. The van der Waals surface area contributed by atoms with Gasteiger partial charge in [0.1, 0.15) is 0 Å². The van der Waals surface area contributed by atoms with Crippen LogP contribution >= 0.6 is 0 Å². The van der Waals surface area contributed by atoms with E-state index in [4.69, 9.17) is 9.97 Å². The van der Waals surface area contributed by atoms with Gasteiger partial charge in [-0.3, -0.25) is 0 Å². The maximum absolute atomic E-state index is 5.14. The van der Waals surface area contributed by atoms with E-state index in [9.17, 15) is 0 Å². The van der Waals surface area contributed by atoms with Crippen molar-refractivity contribution in [3.8, 4) is 50.6 Å². The third-order valence-corrected chi connectivity index (χ3v) is 8.34. The van der Waals surface area contributed by atoms with Crippen LogP contribution in [0.15, 0.2) is 140 Å². The third-order valence-electron chi connectivity index (χ3n) is 8.34. The van der Waals surface area contributed by atoms with Crippen LogP contribution in [0.4, 0.5) is 0 Å². The minimum absolute atomic E-state index is 0.752. The first-order valence-electron chi connectivity index (χ1n) is 13.9. The van der Waals surface area contributed by atoms with Crippen LogP contribution in [0.5, 0.6) is 0 Å². The maximum Gasteiger partial charge on any atom is 0.160 e. The quantitative estimate of drug-likeness (QED) is 0.232. The Labute approximate surface area is 237 Å². The lowest BCUT2D eigenvalue weighted by Crippen LogP contribution is -1.94. The molecule has 0 saturated heterocycles. The lowest BCUT2D eigenvalue weighted by Gasteiger charge is -2.10. The smallest absolute Gasteiger partial charge is 0.160 e. The molecule has 0 radical (unpaired) electrons. The Morgan fingerprint density at radius 2 is 1.15 bits per heavy atom. The van der Waals surface area contributed by atoms with Crippen LogP contribution in [0, 0.1) is 0 Å². The predicted octanol–water partition coefficient (Wildman–Crippen LogP) is 9.71. The first-order valence-corrected chi connectivity index (χ1v) is 13.9. The first-order chi connectivity index (χ1) is 20.3. The van der Waals surface area contributed by atoms with Crippen molar-refractivity contribution in [1.82, 2.24) is 14.5 Å². The lowest BCUT2D eigenvalue weighted by atomic mass is 10.0. The average molecular weight is 522 g/mol. The van der Waals surface area contributed by atoms with E-state index < -0.39 is 0 Å². The molecule has 1 aliphatic carbocycles. The van der Waals surface area contributed by atoms with Gasteiger partial charge in [0, 0.05) is 33.0 Å². The summed E-state index contributed by atoms with van der Waals surface area (Å²) in [6.07, 6.45) is 0. The second-order valence-electron chi connectivity index (χ2n) is 10.6. The van der Waals surface area contributed by atoms with Gasteiger partial charge < -0.3 is 4.57 Å². The summed E-state index contributed by atoms with van der Waals surface area (Å²) in [7, 11) is 0. The Morgan fingerprint density at radius 1 is 0.439 bits per heavy atom. The largest absolute Gasteiger partial charge is 0.309 e. The Balaban J connectivity index is 1.22. The molecule has 3 heteroatoms. The van der Waals surface area contributed by atoms with E-state index in [1.165, 1.54) is 38.5 Å². The number of nitrogens with zero attached hydrogens (tertiary/aromatic N) is 3. The number of aromatic nitrogens is 3. The summed E-state index contributed by atoms with van der Waals surface area (Å²) in [5, 5.41) is 3.65. The molecular formula is C38H23N3. The summed E-state index contributed by atoms with van der Waals surface area (Å²) in [6.45, 7) is 0. The molecule has 6 aromatic carbocycles. The molecule has 3 nitrogen and oxygen atoms in total. The van der Waals surface area contributed by atoms with Gasteiger partial charge in [-0.15, -0.1) is 0 Å². The number of para-hydroxylation sites is 2. The van der Waals surface area contributed by atoms with Crippen molar-refractivity contribution in [2.24, 2.45) is 0 Å². The van der Waals surface area contributed by atoms with Gasteiger partial charge in [0.2, 0.25) is 0 Å². The SMILES string of the molecule is c1ccc(-n2c3ccccc3c3ccc(-c4cccc(-c5nc6c7c(cccc7n5)-c5ccccc5-6)c4)cc32)cc1. The van der Waals surface area contributed by atoms with E-state index in [0.717, 1.165) is 44.8 Å². The van der Waals surface area contributed by atoms with E-state index in [1.54, 1.807) is 0 Å². The summed E-state index contributed by atoms with van der Waals surface area (Å²) in [6, 6.07) is 49.5. The molecule has 2 aromatic heterocycles. The molecule has 190 valence electrons. The zero-order valence-electron chi connectivity index (χ0n) is 22.1. The normalized spacial score (nSPS) is 11.9. The van der Waals surface area contributed by atoms with Crippen LogP contribution in [0.3, 0.4) is 0 Å². The summed E-state index contributed by atoms with van der Waals surface area (Å²) < 4.78 is 2.36. The Bertz CT molecular complexity index is 2310. The van der Waals surface area contributed by atoms with E-state index >= 15 is 0 Å². The van der Waals surface area contributed by atoms with Crippen LogP contribution in [-0.2, 0) is 0 Å². The van der Waals surface area contributed by atoms with Crippen molar-refractivity contribution >= 4 is 32.7 Å². The van der Waals surface area contributed by atoms with Crippen molar-refractivity contribution < 1.29 is 0 Å². The highest BCUT2D eigenvalue weighted by atomic mass is 15.0. The average Bonchev–Trinajstić information content (AvgIpc) is 3.55. The molecular weight excluding hydrogens is 498 g/mol. The molecule has 9 rings (SSSR count). The molecule has 0 N–H and O–H groups in total. The van der Waals surface area contributed by atoms with Crippen molar-refractivity contribution in [2.45, 2.75) is 0 Å². The van der Waals surface area contributed by atoms with Crippen LogP contribution in [0.25, 0.3) is 83.3 Å². The highest BCUT2D eigenvalue weighted by Crippen LogP contribution is 2.46. The topological polar surface area (TPSA) is 30.7 Å². The number of benzene rings is 6. The van der Waals surface area contributed by atoms with Crippen molar-refractivity contribution in [2.75, 3.05) is 0 Å². The Hall–Kier alpha value is -5.54. The Morgan fingerprint density at radius 3 is 2.07 bits per heavy atom. The molecule has 1 aliphatic rings. The summed E-state index contributed by atoms with van der Waals surface area (Å²) in [5.41, 5.74) is 12.5. The van der Waals surface area contributed by atoms with E-state index in [-0.39, 0.29) is 0 Å². The zero-order chi connectivity index (χ0) is 26.9. The molecule has 0 atom stereocenters. The predicted molar refractivity (Wildman–Crippen MR) is 169 cm³/mol. The molecule has 41 heavy (non-hydrogen) atoms. The van der Waals surface area contributed by atoms with Gasteiger partial charge >= 0.3 is 0 Å². The fraction of sp³-hybridized carbons (Fsp3) is 0. The molecule has 8 aromatic rings. The van der Waals surface area contributed by atoms with Gasteiger partial charge in [0.15, 0.2) is 5.82 Å².